The number of nitrogens with zero attached hydrogens (tertiary/aromatic N) is 1. The Kier molecular flexibility index (Phi) is 4.57. The molecular weight excluding hydrogens is 326 g/mol. The smallest absolute Gasteiger partial charge is 0.283 e. The van der Waals surface area contributed by atoms with Crippen LogP contribution in [-0.4, -0.2) is 12.0 Å². The van der Waals surface area contributed by atoms with E-state index in [1.54, 1.807) is 31.4 Å². The number of rotatable bonds is 5. The number of hydrogen-bond acceptors (Lipinski definition) is 4. The topological polar surface area (TPSA) is 61.6 Å². The van der Waals surface area contributed by atoms with Crippen molar-refractivity contribution < 1.29 is 14.4 Å². The fraction of sp³-hybridized carbons (Fsp3) is 0.143. The molecule has 0 aliphatic carbocycles. The van der Waals surface area contributed by atoms with E-state index in [0.717, 1.165) is 0 Å². The lowest BCUT2D eigenvalue weighted by Crippen LogP contribution is -1.99. The van der Waals surface area contributed by atoms with Gasteiger partial charge in [-0.15, -0.1) is 0 Å². The van der Waals surface area contributed by atoms with Crippen LogP contribution in [0, 0.1) is 10.1 Å². The second kappa shape index (κ2) is 6.38. The number of methoxy groups -OCH3 is 1. The van der Waals surface area contributed by atoms with Gasteiger partial charge >= 0.3 is 0 Å². The Hall–Kier alpha value is -2.08. The van der Waals surface area contributed by atoms with E-state index in [1.165, 1.54) is 6.07 Å². The highest BCUT2D eigenvalue weighted by Gasteiger charge is 2.15. The van der Waals surface area contributed by atoms with Crippen molar-refractivity contribution in [3.8, 4) is 11.5 Å². The van der Waals surface area contributed by atoms with E-state index >= 15 is 0 Å². The largest absolute Gasteiger partial charge is 0.497 e. The van der Waals surface area contributed by atoms with Gasteiger partial charge in [0.1, 0.15) is 22.6 Å². The van der Waals surface area contributed by atoms with Crippen LogP contribution >= 0.6 is 15.9 Å². The maximum absolute atomic E-state index is 10.8. The first-order chi connectivity index (χ1) is 9.61. The van der Waals surface area contributed by atoms with E-state index < -0.39 is 4.92 Å². The van der Waals surface area contributed by atoms with Gasteiger partial charge in [-0.1, -0.05) is 18.2 Å². The first kappa shape index (κ1) is 14.3. The van der Waals surface area contributed by atoms with E-state index in [-0.39, 0.29) is 12.3 Å². The maximum Gasteiger partial charge on any atom is 0.283 e. The summed E-state index contributed by atoms with van der Waals surface area (Å²) in [6.45, 7) is 0.232. The van der Waals surface area contributed by atoms with Crippen LogP contribution in [0.5, 0.6) is 11.5 Å². The van der Waals surface area contributed by atoms with Crippen molar-refractivity contribution in [3.63, 3.8) is 0 Å². The van der Waals surface area contributed by atoms with Gasteiger partial charge in [0, 0.05) is 17.7 Å². The van der Waals surface area contributed by atoms with Crippen LogP contribution in [0.1, 0.15) is 5.56 Å². The van der Waals surface area contributed by atoms with E-state index in [9.17, 15) is 10.1 Å². The minimum absolute atomic E-state index is 0.0248. The molecule has 5 nitrogen and oxygen atoms in total. The molecule has 0 aliphatic heterocycles. The van der Waals surface area contributed by atoms with Crippen molar-refractivity contribution >= 4 is 21.6 Å². The lowest BCUT2D eigenvalue weighted by Gasteiger charge is -2.09. The molecule has 0 aliphatic rings. The fourth-order valence-corrected chi connectivity index (χ4v) is 2.19. The van der Waals surface area contributed by atoms with Gasteiger partial charge in [0.05, 0.1) is 12.0 Å². The van der Waals surface area contributed by atoms with Gasteiger partial charge in [0.25, 0.3) is 5.69 Å². The second-order valence-corrected chi connectivity index (χ2v) is 4.77. The first-order valence-corrected chi connectivity index (χ1v) is 6.59. The molecule has 0 N–H and O–H groups in total. The van der Waals surface area contributed by atoms with E-state index in [0.29, 0.717) is 21.5 Å². The minimum Gasteiger partial charge on any atom is -0.497 e. The number of hydrogen-bond donors (Lipinski definition) is 0. The van der Waals surface area contributed by atoms with Crippen LogP contribution in [0.25, 0.3) is 0 Å². The Morgan fingerprint density at radius 2 is 1.90 bits per heavy atom. The zero-order valence-electron chi connectivity index (χ0n) is 10.7. The third-order valence-electron chi connectivity index (χ3n) is 2.69. The summed E-state index contributed by atoms with van der Waals surface area (Å²) in [5.74, 6) is 1.34. The molecule has 104 valence electrons. The molecule has 0 heterocycles. The van der Waals surface area contributed by atoms with E-state index in [1.807, 2.05) is 12.1 Å². The lowest BCUT2D eigenvalue weighted by molar-refractivity contribution is -0.385. The predicted molar refractivity (Wildman–Crippen MR) is 78.1 cm³/mol. The van der Waals surface area contributed by atoms with Gasteiger partial charge in [-0.3, -0.25) is 10.1 Å². The highest BCUT2D eigenvalue weighted by molar-refractivity contribution is 9.10. The summed E-state index contributed by atoms with van der Waals surface area (Å²) in [6.07, 6.45) is 0. The van der Waals surface area contributed by atoms with E-state index in [4.69, 9.17) is 9.47 Å². The quantitative estimate of drug-likeness (QED) is 0.612. The molecular formula is C14H12BrNO4. The van der Waals surface area contributed by atoms with Gasteiger partial charge < -0.3 is 9.47 Å². The molecule has 0 spiro atoms. The van der Waals surface area contributed by atoms with Crippen LogP contribution in [0.3, 0.4) is 0 Å². The Bertz CT molecular complexity index is 630. The van der Waals surface area contributed by atoms with Gasteiger partial charge in [0.15, 0.2) is 0 Å². The van der Waals surface area contributed by atoms with Crippen molar-refractivity contribution in [2.45, 2.75) is 6.61 Å². The Labute approximate surface area is 124 Å². The van der Waals surface area contributed by atoms with Gasteiger partial charge in [-0.05, 0) is 28.1 Å². The average molecular weight is 338 g/mol. The predicted octanol–water partition coefficient (Wildman–Crippen LogP) is 3.94. The number of benzene rings is 2. The Morgan fingerprint density at radius 1 is 1.20 bits per heavy atom. The third-order valence-corrected chi connectivity index (χ3v) is 3.61. The van der Waals surface area contributed by atoms with Crippen LogP contribution in [0.4, 0.5) is 5.69 Å². The molecule has 0 unspecified atom stereocenters. The molecule has 2 aromatic rings. The van der Waals surface area contributed by atoms with Crippen LogP contribution in [-0.2, 0) is 6.61 Å². The van der Waals surface area contributed by atoms with Gasteiger partial charge in [0.2, 0.25) is 0 Å². The molecule has 0 bridgehead atoms. The fourth-order valence-electron chi connectivity index (χ4n) is 1.67. The molecule has 2 rings (SSSR count). The summed E-state index contributed by atoms with van der Waals surface area (Å²) in [5, 5.41) is 10.8. The zero-order valence-corrected chi connectivity index (χ0v) is 12.3. The van der Waals surface area contributed by atoms with E-state index in [2.05, 4.69) is 15.9 Å². The summed E-state index contributed by atoms with van der Waals surface area (Å²) in [7, 11) is 1.58. The number of nitro groups is 1. The normalized spacial score (nSPS) is 10.1. The molecule has 6 heteroatoms. The number of nitro benzene ring substituents is 1. The molecule has 0 fully saturated rings. The SMILES string of the molecule is COc1cccc(OCc2cccc([N+](=O)[O-])c2Br)c1. The second-order valence-electron chi connectivity index (χ2n) is 3.98. The van der Waals surface area contributed by atoms with Crippen LogP contribution < -0.4 is 9.47 Å². The Balaban J connectivity index is 2.14. The molecule has 0 radical (unpaired) electrons. The van der Waals surface area contributed by atoms with Crippen molar-refractivity contribution in [3.05, 3.63) is 62.6 Å². The summed E-state index contributed by atoms with van der Waals surface area (Å²) in [5.41, 5.74) is 0.735. The average Bonchev–Trinajstić information content (AvgIpc) is 2.46. The molecule has 0 atom stereocenters. The summed E-state index contributed by atoms with van der Waals surface area (Å²) in [6, 6.07) is 12.0. The summed E-state index contributed by atoms with van der Waals surface area (Å²) >= 11 is 3.24. The summed E-state index contributed by atoms with van der Waals surface area (Å²) < 4.78 is 11.2. The Morgan fingerprint density at radius 3 is 2.60 bits per heavy atom. The highest BCUT2D eigenvalue weighted by Crippen LogP contribution is 2.29. The number of ether oxygens (including phenoxy) is 2. The van der Waals surface area contributed by atoms with Crippen molar-refractivity contribution in [1.82, 2.24) is 0 Å². The minimum atomic E-state index is -0.431. The first-order valence-electron chi connectivity index (χ1n) is 5.80. The summed E-state index contributed by atoms with van der Waals surface area (Å²) in [4.78, 5) is 10.4. The third kappa shape index (κ3) is 3.27. The van der Waals surface area contributed by atoms with Crippen LogP contribution in [0.15, 0.2) is 46.9 Å². The standard InChI is InChI=1S/C14H12BrNO4/c1-19-11-5-3-6-12(8-11)20-9-10-4-2-7-13(14(10)15)16(17)18/h2-8H,9H2,1H3. The number of halogens is 1. The molecule has 0 aromatic heterocycles. The zero-order chi connectivity index (χ0) is 14.5. The monoisotopic (exact) mass is 337 g/mol. The molecule has 0 saturated carbocycles. The van der Waals surface area contributed by atoms with Crippen molar-refractivity contribution in [2.24, 2.45) is 0 Å². The highest BCUT2D eigenvalue weighted by atomic mass is 79.9. The van der Waals surface area contributed by atoms with Gasteiger partial charge in [-0.2, -0.15) is 0 Å². The van der Waals surface area contributed by atoms with Crippen molar-refractivity contribution in [1.29, 1.82) is 0 Å². The maximum atomic E-state index is 10.8. The molecule has 0 amide bonds. The van der Waals surface area contributed by atoms with Crippen molar-refractivity contribution in [2.75, 3.05) is 7.11 Å². The van der Waals surface area contributed by atoms with Gasteiger partial charge in [-0.25, -0.2) is 0 Å². The lowest BCUT2D eigenvalue weighted by atomic mass is 10.2. The molecule has 2 aromatic carbocycles. The van der Waals surface area contributed by atoms with Crippen LogP contribution in [0.2, 0.25) is 0 Å². The molecule has 0 saturated heterocycles. The molecule has 20 heavy (non-hydrogen) atoms.